The highest BCUT2D eigenvalue weighted by atomic mass is 32.1. The van der Waals surface area contributed by atoms with Crippen LogP contribution < -0.4 is 0 Å². The molecule has 294 valence electrons. The van der Waals surface area contributed by atoms with Crippen LogP contribution in [0.5, 0.6) is 0 Å². The zero-order valence-corrected chi connectivity index (χ0v) is 35.2. The van der Waals surface area contributed by atoms with Gasteiger partial charge < -0.3 is 0 Å². The maximum absolute atomic E-state index is 2.37. The van der Waals surface area contributed by atoms with E-state index < -0.39 is 0 Å². The molecule has 0 saturated heterocycles. The minimum Gasteiger partial charge on any atom is -0.135 e. The van der Waals surface area contributed by atoms with E-state index in [0.717, 1.165) is 12.8 Å². The smallest absolute Gasteiger partial charge is 0.0393 e. The monoisotopic (exact) mass is 808 g/mol. The molecule has 0 bridgehead atoms. The van der Waals surface area contributed by atoms with Crippen LogP contribution in [0.15, 0.2) is 237 Å². The Balaban J connectivity index is 0.873. The number of hydrogen-bond donors (Lipinski definition) is 0. The van der Waals surface area contributed by atoms with Gasteiger partial charge in [-0.15, -0.1) is 11.3 Å². The summed E-state index contributed by atoms with van der Waals surface area (Å²) in [5.41, 5.74) is 16.5. The van der Waals surface area contributed by atoms with Crippen LogP contribution in [-0.2, 0) is 6.42 Å². The van der Waals surface area contributed by atoms with Gasteiger partial charge in [-0.3, -0.25) is 0 Å². The van der Waals surface area contributed by atoms with Gasteiger partial charge in [0.25, 0.3) is 0 Å². The van der Waals surface area contributed by atoms with Gasteiger partial charge in [-0.2, -0.15) is 0 Å². The molecule has 0 spiro atoms. The summed E-state index contributed by atoms with van der Waals surface area (Å²) in [4.78, 5) is 0. The predicted molar refractivity (Wildman–Crippen MR) is 267 cm³/mol. The molecule has 1 atom stereocenters. The van der Waals surface area contributed by atoms with Gasteiger partial charge in [0.15, 0.2) is 0 Å². The largest absolute Gasteiger partial charge is 0.135 e. The fraction of sp³-hybridized carbons (Fsp3) is 0.0492. The molecule has 11 aromatic rings. The molecule has 0 N–H and O–H groups in total. The van der Waals surface area contributed by atoms with Crippen LogP contribution in [0, 0.1) is 0 Å². The molecule has 0 saturated carbocycles. The second-order valence-corrected chi connectivity index (χ2v) is 17.4. The SMILES string of the molecule is c1ccc(-c2ccccc2-c2ccc(CCC(c3ccc(-c4ccc(-c5cccc(-c6ccc7ccccc7c6)c5)cc4)cc3)c3cccc4c3sc3ccccc34)cc2)cc1. The molecule has 0 nitrogen and oxygen atoms in total. The minimum atomic E-state index is 0.247. The van der Waals surface area contributed by atoms with Crippen molar-refractivity contribution >= 4 is 42.3 Å². The van der Waals surface area contributed by atoms with Gasteiger partial charge >= 0.3 is 0 Å². The number of aryl methyl sites for hydroxylation is 1. The van der Waals surface area contributed by atoms with E-state index in [1.54, 1.807) is 0 Å². The van der Waals surface area contributed by atoms with Crippen molar-refractivity contribution in [2.24, 2.45) is 0 Å². The lowest BCUT2D eigenvalue weighted by molar-refractivity contribution is 0.721. The molecule has 1 unspecified atom stereocenters. The minimum absolute atomic E-state index is 0.247. The Bertz CT molecular complexity index is 3320. The Kier molecular flexibility index (Phi) is 10.1. The molecule has 0 aliphatic heterocycles. The normalized spacial score (nSPS) is 11.9. The molecule has 1 heterocycles. The summed E-state index contributed by atoms with van der Waals surface area (Å²) >= 11 is 1.93. The van der Waals surface area contributed by atoms with E-state index in [1.165, 1.54) is 103 Å². The molecule has 0 aliphatic rings. The van der Waals surface area contributed by atoms with Crippen LogP contribution in [0.2, 0.25) is 0 Å². The van der Waals surface area contributed by atoms with Crippen LogP contribution >= 0.6 is 11.3 Å². The van der Waals surface area contributed by atoms with Crippen molar-refractivity contribution < 1.29 is 0 Å². The van der Waals surface area contributed by atoms with Gasteiger partial charge in [0, 0.05) is 26.1 Å². The van der Waals surface area contributed by atoms with Crippen LogP contribution in [0.3, 0.4) is 0 Å². The molecule has 0 amide bonds. The van der Waals surface area contributed by atoms with Crippen molar-refractivity contribution in [2.45, 2.75) is 18.8 Å². The average Bonchev–Trinajstić information content (AvgIpc) is 3.74. The van der Waals surface area contributed by atoms with E-state index >= 15 is 0 Å². The Labute approximate surface area is 368 Å². The molecule has 1 aromatic heterocycles. The Morgan fingerprint density at radius 2 is 0.855 bits per heavy atom. The van der Waals surface area contributed by atoms with E-state index in [9.17, 15) is 0 Å². The van der Waals surface area contributed by atoms with Gasteiger partial charge in [-0.25, -0.2) is 0 Å². The van der Waals surface area contributed by atoms with Crippen molar-refractivity contribution in [1.82, 2.24) is 0 Å². The third kappa shape index (κ3) is 7.42. The summed E-state index contributed by atoms with van der Waals surface area (Å²) in [6, 6.07) is 87.2. The second kappa shape index (κ2) is 16.6. The van der Waals surface area contributed by atoms with Crippen LogP contribution in [0.4, 0.5) is 0 Å². The molecular weight excluding hydrogens is 765 g/mol. The summed E-state index contributed by atoms with van der Waals surface area (Å²) in [7, 11) is 0. The third-order valence-electron chi connectivity index (χ3n) is 12.6. The number of rotatable bonds is 10. The highest BCUT2D eigenvalue weighted by Gasteiger charge is 2.20. The third-order valence-corrected chi connectivity index (χ3v) is 13.9. The van der Waals surface area contributed by atoms with Crippen LogP contribution in [0.1, 0.15) is 29.0 Å². The summed E-state index contributed by atoms with van der Waals surface area (Å²) in [6.45, 7) is 0. The summed E-state index contributed by atoms with van der Waals surface area (Å²) in [5, 5.41) is 5.23. The molecule has 62 heavy (non-hydrogen) atoms. The number of fused-ring (bicyclic) bond motifs is 4. The maximum atomic E-state index is 2.37. The van der Waals surface area contributed by atoms with Gasteiger partial charge in [0.2, 0.25) is 0 Å². The first-order valence-electron chi connectivity index (χ1n) is 21.7. The first kappa shape index (κ1) is 37.7. The zero-order valence-electron chi connectivity index (χ0n) is 34.4. The zero-order chi connectivity index (χ0) is 41.2. The lowest BCUT2D eigenvalue weighted by Crippen LogP contribution is -2.04. The lowest BCUT2D eigenvalue weighted by atomic mass is 9.84. The number of benzene rings is 10. The van der Waals surface area contributed by atoms with Crippen molar-refractivity contribution in [1.29, 1.82) is 0 Å². The number of thiophene rings is 1. The summed E-state index contributed by atoms with van der Waals surface area (Å²) in [5.74, 6) is 0.247. The van der Waals surface area contributed by atoms with E-state index in [0.29, 0.717) is 0 Å². The Hall–Kier alpha value is -7.32. The standard InChI is InChI=1S/C61H44S/c1-2-13-47(14-3-1)54-18-6-7-19-55(54)48-27-24-42(25-28-48)26-39-56(58-21-11-22-59-57-20-8-9-23-60(57)62-61(58)59)49-36-33-45(34-37-49)44-29-31-46(32-30-44)51-16-10-17-52(40-51)53-38-35-43-12-4-5-15-50(43)41-53/h1-25,27-38,40-41,56H,26,39H2. The quantitative estimate of drug-likeness (QED) is 0.129. The van der Waals surface area contributed by atoms with Gasteiger partial charge in [-0.05, 0) is 114 Å². The van der Waals surface area contributed by atoms with E-state index in [-0.39, 0.29) is 5.92 Å². The predicted octanol–water partition coefficient (Wildman–Crippen LogP) is 17.3. The van der Waals surface area contributed by atoms with Crippen LogP contribution in [-0.4, -0.2) is 0 Å². The highest BCUT2D eigenvalue weighted by molar-refractivity contribution is 7.26. The van der Waals surface area contributed by atoms with Crippen molar-refractivity contribution in [3.05, 3.63) is 253 Å². The Morgan fingerprint density at radius 1 is 0.339 bits per heavy atom. The topological polar surface area (TPSA) is 0 Å². The number of hydrogen-bond acceptors (Lipinski definition) is 1. The van der Waals surface area contributed by atoms with Crippen molar-refractivity contribution in [2.75, 3.05) is 0 Å². The van der Waals surface area contributed by atoms with Gasteiger partial charge in [0.05, 0.1) is 0 Å². The lowest BCUT2D eigenvalue weighted by Gasteiger charge is -2.20. The van der Waals surface area contributed by atoms with Crippen molar-refractivity contribution in [3.63, 3.8) is 0 Å². The molecule has 10 aromatic carbocycles. The summed E-state index contributed by atoms with van der Waals surface area (Å²) < 4.78 is 2.75. The molecule has 0 fully saturated rings. The highest BCUT2D eigenvalue weighted by Crippen LogP contribution is 2.42. The first-order valence-corrected chi connectivity index (χ1v) is 22.5. The van der Waals surface area contributed by atoms with Crippen molar-refractivity contribution in [3.8, 4) is 55.6 Å². The first-order chi connectivity index (χ1) is 30.7. The van der Waals surface area contributed by atoms with E-state index in [2.05, 4.69) is 237 Å². The average molecular weight is 809 g/mol. The second-order valence-electron chi connectivity index (χ2n) is 16.4. The summed E-state index contributed by atoms with van der Waals surface area (Å²) in [6.07, 6.45) is 2.00. The molecular formula is C61H44S. The molecule has 0 aliphatic carbocycles. The molecule has 1 heteroatoms. The van der Waals surface area contributed by atoms with Gasteiger partial charge in [0.1, 0.15) is 0 Å². The Morgan fingerprint density at radius 3 is 1.61 bits per heavy atom. The molecule has 11 rings (SSSR count). The molecule has 0 radical (unpaired) electrons. The maximum Gasteiger partial charge on any atom is 0.0393 e. The van der Waals surface area contributed by atoms with Crippen LogP contribution in [0.25, 0.3) is 86.6 Å². The van der Waals surface area contributed by atoms with E-state index in [4.69, 9.17) is 0 Å². The fourth-order valence-electron chi connectivity index (χ4n) is 9.32. The van der Waals surface area contributed by atoms with Gasteiger partial charge in [-0.1, -0.05) is 218 Å². The van der Waals surface area contributed by atoms with E-state index in [1.807, 2.05) is 11.3 Å². The fourth-order valence-corrected chi connectivity index (χ4v) is 10.6.